The molecule has 2 fully saturated rings. The molecule has 0 unspecified atom stereocenters. The van der Waals surface area contributed by atoms with Crippen molar-refractivity contribution in [2.75, 3.05) is 25.2 Å². The number of carbonyl (C=O) groups excluding carboxylic acids is 2. The molecular formula is C20H29NO4S. The van der Waals surface area contributed by atoms with Crippen molar-refractivity contribution in [2.24, 2.45) is 11.8 Å². The van der Waals surface area contributed by atoms with Gasteiger partial charge < -0.3 is 14.4 Å². The van der Waals surface area contributed by atoms with E-state index < -0.39 is 0 Å². The molecule has 144 valence electrons. The number of nitrogens with zero attached hydrogens (tertiary/aromatic N) is 1. The van der Waals surface area contributed by atoms with Crippen LogP contribution in [0.5, 0.6) is 0 Å². The van der Waals surface area contributed by atoms with E-state index in [1.807, 2.05) is 17.9 Å². The van der Waals surface area contributed by atoms with E-state index in [1.54, 1.807) is 0 Å². The highest BCUT2D eigenvalue weighted by atomic mass is 32.1. The molecule has 0 N–H and O–H groups in total. The van der Waals surface area contributed by atoms with Crippen LogP contribution >= 0.6 is 11.3 Å². The van der Waals surface area contributed by atoms with Crippen LogP contribution in [0, 0.1) is 18.8 Å². The Hall–Kier alpha value is -1.40. The monoisotopic (exact) mass is 379 g/mol. The van der Waals surface area contributed by atoms with Gasteiger partial charge in [0.15, 0.2) is 0 Å². The van der Waals surface area contributed by atoms with Gasteiger partial charge in [0, 0.05) is 30.1 Å². The molecule has 3 rings (SSSR count). The van der Waals surface area contributed by atoms with Crippen LogP contribution in [0.2, 0.25) is 0 Å². The number of thiophene rings is 1. The summed E-state index contributed by atoms with van der Waals surface area (Å²) in [6.07, 6.45) is 5.70. The molecule has 0 radical (unpaired) electrons. The van der Waals surface area contributed by atoms with Gasteiger partial charge in [0.1, 0.15) is 4.88 Å². The normalized spacial score (nSPS) is 24.3. The third kappa shape index (κ3) is 4.12. The van der Waals surface area contributed by atoms with Gasteiger partial charge in [-0.05, 0) is 57.4 Å². The van der Waals surface area contributed by atoms with Gasteiger partial charge in [-0.2, -0.15) is 0 Å². The molecule has 0 spiro atoms. The lowest BCUT2D eigenvalue weighted by molar-refractivity contribution is -0.124. The minimum atomic E-state index is -0.361. The molecule has 1 aliphatic heterocycles. The van der Waals surface area contributed by atoms with E-state index in [4.69, 9.17) is 9.47 Å². The number of hydrogen-bond acceptors (Lipinski definition) is 5. The summed E-state index contributed by atoms with van der Waals surface area (Å²) >= 11 is 1.40. The van der Waals surface area contributed by atoms with Crippen molar-refractivity contribution in [3.8, 4) is 0 Å². The van der Waals surface area contributed by atoms with Gasteiger partial charge in [0.05, 0.1) is 12.8 Å². The van der Waals surface area contributed by atoms with E-state index >= 15 is 0 Å². The molecule has 1 saturated heterocycles. The molecule has 5 nitrogen and oxygen atoms in total. The van der Waals surface area contributed by atoms with E-state index in [0.29, 0.717) is 24.0 Å². The van der Waals surface area contributed by atoms with Crippen LogP contribution in [-0.4, -0.2) is 38.2 Å². The first-order valence-electron chi connectivity index (χ1n) is 9.60. The van der Waals surface area contributed by atoms with Crippen LogP contribution in [0.1, 0.15) is 60.0 Å². The number of esters is 1. The Morgan fingerprint density at radius 1 is 1.15 bits per heavy atom. The molecule has 0 atom stereocenters. The number of aryl methyl sites for hydroxylation is 1. The van der Waals surface area contributed by atoms with Crippen LogP contribution in [0.15, 0.2) is 6.07 Å². The van der Waals surface area contributed by atoms with Gasteiger partial charge in [-0.1, -0.05) is 6.92 Å². The zero-order valence-corrected chi connectivity index (χ0v) is 16.8. The first kappa shape index (κ1) is 19.4. The van der Waals surface area contributed by atoms with Gasteiger partial charge in [-0.25, -0.2) is 4.79 Å². The van der Waals surface area contributed by atoms with Crippen LogP contribution in [0.4, 0.5) is 5.69 Å². The molecular weight excluding hydrogens is 350 g/mol. The van der Waals surface area contributed by atoms with Crippen molar-refractivity contribution in [1.82, 2.24) is 0 Å². The molecule has 1 aliphatic carbocycles. The number of rotatable bonds is 4. The molecule has 1 saturated carbocycles. The van der Waals surface area contributed by atoms with Gasteiger partial charge in [-0.15, -0.1) is 11.3 Å². The first-order chi connectivity index (χ1) is 12.5. The SMILES string of the molecule is COC(=O)c1sc(C)cc1N(C(=O)C1CCC(C)CC1)C1CCOCC1. The second kappa shape index (κ2) is 8.53. The summed E-state index contributed by atoms with van der Waals surface area (Å²) in [5, 5.41) is 0. The molecule has 2 heterocycles. The van der Waals surface area contributed by atoms with Crippen molar-refractivity contribution in [1.29, 1.82) is 0 Å². The van der Waals surface area contributed by atoms with Gasteiger partial charge in [-0.3, -0.25) is 4.79 Å². The Kier molecular flexibility index (Phi) is 6.35. The van der Waals surface area contributed by atoms with Crippen molar-refractivity contribution in [3.63, 3.8) is 0 Å². The fourth-order valence-electron chi connectivity index (χ4n) is 4.06. The topological polar surface area (TPSA) is 55.8 Å². The van der Waals surface area contributed by atoms with Crippen LogP contribution in [-0.2, 0) is 14.3 Å². The Morgan fingerprint density at radius 3 is 2.42 bits per heavy atom. The summed E-state index contributed by atoms with van der Waals surface area (Å²) in [5.74, 6) is 0.566. The number of carbonyl (C=O) groups is 2. The molecule has 0 bridgehead atoms. The maximum atomic E-state index is 13.5. The maximum Gasteiger partial charge on any atom is 0.350 e. The van der Waals surface area contributed by atoms with Crippen molar-refractivity contribution in [3.05, 3.63) is 15.8 Å². The molecule has 0 aromatic carbocycles. The van der Waals surface area contributed by atoms with Crippen LogP contribution in [0.3, 0.4) is 0 Å². The summed E-state index contributed by atoms with van der Waals surface area (Å²) in [6, 6.07) is 2.06. The average molecular weight is 380 g/mol. The summed E-state index contributed by atoms with van der Waals surface area (Å²) in [4.78, 5) is 29.3. The molecule has 6 heteroatoms. The fraction of sp³-hybridized carbons (Fsp3) is 0.700. The summed E-state index contributed by atoms with van der Waals surface area (Å²) in [6.45, 7) is 5.55. The zero-order valence-electron chi connectivity index (χ0n) is 16.0. The minimum absolute atomic E-state index is 0.0553. The van der Waals surface area contributed by atoms with E-state index in [1.165, 1.54) is 18.4 Å². The third-order valence-electron chi connectivity index (χ3n) is 5.62. The van der Waals surface area contributed by atoms with Gasteiger partial charge in [0.25, 0.3) is 0 Å². The number of hydrogen-bond donors (Lipinski definition) is 0. The lowest BCUT2D eigenvalue weighted by Crippen LogP contribution is -2.47. The largest absolute Gasteiger partial charge is 0.465 e. The lowest BCUT2D eigenvalue weighted by atomic mass is 9.82. The average Bonchev–Trinajstić information content (AvgIpc) is 3.04. The standard InChI is InChI=1S/C20H29NO4S/c1-13-4-6-15(7-5-13)19(22)21(16-8-10-25-11-9-16)17-12-14(2)26-18(17)20(23)24-3/h12-13,15-16H,4-11H2,1-3H3. The first-order valence-corrected chi connectivity index (χ1v) is 10.4. The number of methoxy groups -OCH3 is 1. The summed E-state index contributed by atoms with van der Waals surface area (Å²) in [5.41, 5.74) is 0.731. The molecule has 2 aliphatic rings. The minimum Gasteiger partial charge on any atom is -0.465 e. The second-order valence-corrected chi connectivity index (χ2v) is 8.83. The molecule has 26 heavy (non-hydrogen) atoms. The zero-order chi connectivity index (χ0) is 18.7. The van der Waals surface area contributed by atoms with Crippen molar-refractivity contribution >= 4 is 28.9 Å². The van der Waals surface area contributed by atoms with Crippen molar-refractivity contribution < 1.29 is 19.1 Å². The van der Waals surface area contributed by atoms with Crippen LogP contribution in [0.25, 0.3) is 0 Å². The predicted molar refractivity (Wildman–Crippen MR) is 103 cm³/mol. The predicted octanol–water partition coefficient (Wildman–Crippen LogP) is 4.18. The second-order valence-electron chi connectivity index (χ2n) is 7.57. The highest BCUT2D eigenvalue weighted by molar-refractivity contribution is 7.14. The Morgan fingerprint density at radius 2 is 1.81 bits per heavy atom. The highest BCUT2D eigenvalue weighted by Crippen LogP contribution is 2.37. The third-order valence-corrected chi connectivity index (χ3v) is 6.64. The lowest BCUT2D eigenvalue weighted by Gasteiger charge is -2.38. The number of ether oxygens (including phenoxy) is 2. The van der Waals surface area contributed by atoms with E-state index in [2.05, 4.69) is 6.92 Å². The Bertz CT molecular complexity index is 642. The van der Waals surface area contributed by atoms with E-state index in [-0.39, 0.29) is 23.8 Å². The molecule has 1 aromatic heterocycles. The highest BCUT2D eigenvalue weighted by Gasteiger charge is 2.36. The van der Waals surface area contributed by atoms with Crippen LogP contribution < -0.4 is 4.90 Å². The quantitative estimate of drug-likeness (QED) is 0.737. The van der Waals surface area contributed by atoms with Gasteiger partial charge in [0.2, 0.25) is 5.91 Å². The summed E-state index contributed by atoms with van der Waals surface area (Å²) < 4.78 is 10.5. The Labute approximate surface area is 159 Å². The maximum absolute atomic E-state index is 13.5. The number of anilines is 1. The number of amides is 1. The molecule has 1 aromatic rings. The molecule has 1 amide bonds. The smallest absolute Gasteiger partial charge is 0.350 e. The Balaban J connectivity index is 1.93. The van der Waals surface area contributed by atoms with Gasteiger partial charge >= 0.3 is 5.97 Å². The summed E-state index contributed by atoms with van der Waals surface area (Å²) in [7, 11) is 1.39. The van der Waals surface area contributed by atoms with E-state index in [0.717, 1.165) is 49.1 Å². The van der Waals surface area contributed by atoms with E-state index in [9.17, 15) is 9.59 Å². The van der Waals surface area contributed by atoms with Crippen molar-refractivity contribution in [2.45, 2.75) is 58.4 Å². The fourth-order valence-corrected chi connectivity index (χ4v) is 4.98.